The third-order valence-electron chi connectivity index (χ3n) is 4.70. The molecule has 20 heavy (non-hydrogen) atoms. The minimum atomic E-state index is 0.0574. The van der Waals surface area contributed by atoms with Crippen molar-refractivity contribution in [3.05, 3.63) is 35.4 Å². The minimum Gasteiger partial charge on any atom is -0.393 e. The fourth-order valence-electron chi connectivity index (χ4n) is 3.40. The molecule has 3 N–H and O–H groups in total. The number of thiocarbonyl (C=S) groups is 1. The summed E-state index contributed by atoms with van der Waals surface area (Å²) >= 11 is 4.93. The fraction of sp³-hybridized carbons (Fsp3) is 0.500. The van der Waals surface area contributed by atoms with Crippen LogP contribution in [0.15, 0.2) is 24.3 Å². The van der Waals surface area contributed by atoms with Crippen molar-refractivity contribution in [1.82, 2.24) is 5.32 Å². The number of nitrogens with one attached hydrogen (secondary N) is 1. The number of aryl methyl sites for hydroxylation is 1. The maximum atomic E-state index is 12.3. The Hall–Kier alpha value is -1.42. The number of hydrogen-bond acceptors (Lipinski definition) is 2. The summed E-state index contributed by atoms with van der Waals surface area (Å²) in [6.07, 6.45) is 2.23. The maximum Gasteiger partial charge on any atom is 0.224 e. The predicted octanol–water partition coefficient (Wildman–Crippen LogP) is 2.00. The molecule has 0 spiro atoms. The van der Waals surface area contributed by atoms with Gasteiger partial charge in [-0.05, 0) is 35.8 Å². The molecule has 3 rings (SSSR count). The van der Waals surface area contributed by atoms with Gasteiger partial charge in [0.25, 0.3) is 0 Å². The van der Waals surface area contributed by atoms with E-state index < -0.39 is 0 Å². The van der Waals surface area contributed by atoms with Crippen LogP contribution in [0.25, 0.3) is 0 Å². The van der Waals surface area contributed by atoms with Gasteiger partial charge in [-0.1, -0.05) is 43.4 Å². The molecule has 0 radical (unpaired) electrons. The molecule has 1 fully saturated rings. The van der Waals surface area contributed by atoms with Gasteiger partial charge >= 0.3 is 0 Å². The predicted molar refractivity (Wildman–Crippen MR) is 83.4 cm³/mol. The summed E-state index contributed by atoms with van der Waals surface area (Å²) in [5.74, 6) is 1.34. The lowest BCUT2D eigenvalue weighted by Crippen LogP contribution is -2.34. The number of amides is 1. The molecule has 106 valence electrons. The molecule has 2 aliphatic rings. The summed E-state index contributed by atoms with van der Waals surface area (Å²) in [4.78, 5) is 12.8. The van der Waals surface area contributed by atoms with Gasteiger partial charge in [0.05, 0.1) is 4.99 Å². The number of benzene rings is 1. The topological polar surface area (TPSA) is 55.1 Å². The fourth-order valence-corrected chi connectivity index (χ4v) is 3.48. The van der Waals surface area contributed by atoms with Crippen LogP contribution in [0, 0.1) is 17.8 Å². The molecule has 1 aromatic carbocycles. The zero-order chi connectivity index (χ0) is 14.3. The van der Waals surface area contributed by atoms with Crippen LogP contribution in [0.5, 0.6) is 0 Å². The molecule has 2 aliphatic carbocycles. The van der Waals surface area contributed by atoms with E-state index in [-0.39, 0.29) is 17.7 Å². The smallest absolute Gasteiger partial charge is 0.224 e. The Kier molecular flexibility index (Phi) is 3.50. The first kappa shape index (κ1) is 13.6. The summed E-state index contributed by atoms with van der Waals surface area (Å²) < 4.78 is 0. The van der Waals surface area contributed by atoms with E-state index in [0.717, 1.165) is 12.8 Å². The third-order valence-corrected chi connectivity index (χ3v) is 5.10. The second-order valence-electron chi connectivity index (χ2n) is 6.00. The lowest BCUT2D eigenvalue weighted by Gasteiger charge is -2.13. The van der Waals surface area contributed by atoms with Crippen LogP contribution in [0.3, 0.4) is 0 Å². The number of carbonyl (C=O) groups is 1. The van der Waals surface area contributed by atoms with Crippen LogP contribution in [0.2, 0.25) is 0 Å². The van der Waals surface area contributed by atoms with E-state index in [4.69, 9.17) is 18.0 Å². The molecule has 1 amide bonds. The Morgan fingerprint density at radius 2 is 2.25 bits per heavy atom. The van der Waals surface area contributed by atoms with Crippen molar-refractivity contribution < 1.29 is 4.79 Å². The van der Waals surface area contributed by atoms with Gasteiger partial charge in [-0.3, -0.25) is 4.79 Å². The molecular weight excluding hydrogens is 268 g/mol. The quantitative estimate of drug-likeness (QED) is 0.833. The number of carbonyl (C=O) groups excluding carboxylic acids is 1. The van der Waals surface area contributed by atoms with Crippen molar-refractivity contribution in [3.63, 3.8) is 0 Å². The minimum absolute atomic E-state index is 0.0574. The first-order chi connectivity index (χ1) is 9.59. The van der Waals surface area contributed by atoms with Crippen LogP contribution < -0.4 is 11.1 Å². The SMILES string of the molecule is CC(CNC(=O)C1C2CCc3ccccc3C21)C(N)=S. The highest BCUT2D eigenvalue weighted by Crippen LogP contribution is 2.59. The van der Waals surface area contributed by atoms with E-state index in [1.165, 1.54) is 11.1 Å². The van der Waals surface area contributed by atoms with Crippen LogP contribution in [0.1, 0.15) is 30.4 Å². The lowest BCUT2D eigenvalue weighted by molar-refractivity contribution is -0.122. The molecule has 4 atom stereocenters. The van der Waals surface area contributed by atoms with Crippen LogP contribution in [-0.2, 0) is 11.2 Å². The van der Waals surface area contributed by atoms with E-state index >= 15 is 0 Å². The largest absolute Gasteiger partial charge is 0.393 e. The summed E-state index contributed by atoms with van der Waals surface area (Å²) in [6.45, 7) is 2.49. The van der Waals surface area contributed by atoms with E-state index in [1.54, 1.807) is 0 Å². The van der Waals surface area contributed by atoms with Crippen LogP contribution >= 0.6 is 12.2 Å². The lowest BCUT2D eigenvalue weighted by atomic mass is 9.92. The molecule has 0 saturated heterocycles. The van der Waals surface area contributed by atoms with Gasteiger partial charge in [-0.2, -0.15) is 0 Å². The van der Waals surface area contributed by atoms with E-state index in [2.05, 4.69) is 29.6 Å². The molecule has 0 aliphatic heterocycles. The number of nitrogens with two attached hydrogens (primary N) is 1. The van der Waals surface area contributed by atoms with Crippen molar-refractivity contribution in [3.8, 4) is 0 Å². The van der Waals surface area contributed by atoms with Gasteiger partial charge in [-0.15, -0.1) is 0 Å². The van der Waals surface area contributed by atoms with E-state index in [0.29, 0.717) is 23.4 Å². The van der Waals surface area contributed by atoms with E-state index in [9.17, 15) is 4.79 Å². The second-order valence-corrected chi connectivity index (χ2v) is 6.47. The van der Waals surface area contributed by atoms with Gasteiger partial charge in [0, 0.05) is 18.4 Å². The highest BCUT2D eigenvalue weighted by Gasteiger charge is 2.56. The monoisotopic (exact) mass is 288 g/mol. The molecule has 0 aromatic heterocycles. The summed E-state index contributed by atoms with van der Waals surface area (Å²) in [5.41, 5.74) is 8.37. The van der Waals surface area contributed by atoms with Gasteiger partial charge in [-0.25, -0.2) is 0 Å². The average Bonchev–Trinajstić information content (AvgIpc) is 3.19. The van der Waals surface area contributed by atoms with E-state index in [1.807, 2.05) is 6.92 Å². The van der Waals surface area contributed by atoms with Gasteiger partial charge in [0.15, 0.2) is 0 Å². The molecule has 3 nitrogen and oxygen atoms in total. The Labute approximate surface area is 124 Å². The van der Waals surface area contributed by atoms with Crippen molar-refractivity contribution in [1.29, 1.82) is 0 Å². The number of rotatable bonds is 4. The molecule has 0 heterocycles. The first-order valence-electron chi connectivity index (χ1n) is 7.24. The first-order valence-corrected chi connectivity index (χ1v) is 7.65. The Morgan fingerprint density at radius 1 is 1.50 bits per heavy atom. The number of fused-ring (bicyclic) bond motifs is 3. The van der Waals surface area contributed by atoms with Gasteiger partial charge < -0.3 is 11.1 Å². The normalized spacial score (nSPS) is 27.9. The Balaban J connectivity index is 1.64. The zero-order valence-electron chi connectivity index (χ0n) is 11.6. The van der Waals surface area contributed by atoms with Crippen molar-refractivity contribution in [2.24, 2.45) is 23.5 Å². The molecule has 4 heteroatoms. The third kappa shape index (κ3) is 2.33. The molecule has 1 aromatic rings. The highest BCUT2D eigenvalue weighted by atomic mass is 32.1. The molecule has 0 bridgehead atoms. The summed E-state index contributed by atoms with van der Waals surface area (Å²) in [5, 5.41) is 3.01. The molecule has 1 saturated carbocycles. The Bertz CT molecular complexity index is 557. The van der Waals surface area contributed by atoms with Crippen molar-refractivity contribution in [2.75, 3.05) is 6.54 Å². The average molecular weight is 288 g/mol. The standard InChI is InChI=1S/C16H20N2OS/c1-9(15(17)20)8-18-16(19)14-12-7-6-10-4-2-3-5-11(10)13(12)14/h2-5,9,12-14H,6-8H2,1H3,(H2,17,20)(H,18,19). The second kappa shape index (κ2) is 5.17. The van der Waals surface area contributed by atoms with Crippen molar-refractivity contribution in [2.45, 2.75) is 25.7 Å². The highest BCUT2D eigenvalue weighted by molar-refractivity contribution is 7.80. The zero-order valence-corrected chi connectivity index (χ0v) is 12.5. The Morgan fingerprint density at radius 3 is 3.00 bits per heavy atom. The summed E-state index contributed by atoms with van der Waals surface area (Å²) in [7, 11) is 0. The molecule has 4 unspecified atom stereocenters. The van der Waals surface area contributed by atoms with Crippen LogP contribution in [0.4, 0.5) is 0 Å². The summed E-state index contributed by atoms with van der Waals surface area (Å²) in [6, 6.07) is 8.52. The van der Waals surface area contributed by atoms with Crippen molar-refractivity contribution >= 4 is 23.1 Å². The van der Waals surface area contributed by atoms with Gasteiger partial charge in [0.2, 0.25) is 5.91 Å². The maximum absolute atomic E-state index is 12.3. The van der Waals surface area contributed by atoms with Crippen LogP contribution in [-0.4, -0.2) is 17.4 Å². The molecular formula is C16H20N2OS. The van der Waals surface area contributed by atoms with Gasteiger partial charge in [0.1, 0.15) is 0 Å². The number of hydrogen-bond donors (Lipinski definition) is 2.